The van der Waals surface area contributed by atoms with Crippen molar-refractivity contribution in [1.82, 2.24) is 19.6 Å². The quantitative estimate of drug-likeness (QED) is 0.334. The van der Waals surface area contributed by atoms with Crippen LogP contribution in [0.25, 0.3) is 0 Å². The maximum absolute atomic E-state index is 11.9. The largest absolute Gasteiger partial charge is 0.391 e. The van der Waals surface area contributed by atoms with Crippen LogP contribution in [0.2, 0.25) is 0 Å². The SMILES string of the molecule is O=C1CN2CCN(CCN3CCN(CC2)CC(=O)OC(=O)C3)CC(=O)O1. The summed E-state index contributed by atoms with van der Waals surface area (Å²) < 4.78 is 9.73. The van der Waals surface area contributed by atoms with Gasteiger partial charge in [0, 0.05) is 52.4 Å². The first kappa shape index (κ1) is 18.9. The first-order chi connectivity index (χ1) is 12.5. The van der Waals surface area contributed by atoms with Crippen LogP contribution in [-0.4, -0.2) is 122 Å². The van der Waals surface area contributed by atoms with Crippen LogP contribution in [-0.2, 0) is 28.7 Å². The Bertz CT molecular complexity index is 485. The summed E-state index contributed by atoms with van der Waals surface area (Å²) in [6, 6.07) is 0. The maximum atomic E-state index is 11.9. The lowest BCUT2D eigenvalue weighted by atomic mass is 10.3. The molecule has 3 rings (SSSR count). The van der Waals surface area contributed by atoms with Gasteiger partial charge in [-0.15, -0.1) is 0 Å². The van der Waals surface area contributed by atoms with E-state index < -0.39 is 23.9 Å². The van der Waals surface area contributed by atoms with Gasteiger partial charge in [-0.1, -0.05) is 0 Å². The lowest BCUT2D eigenvalue weighted by molar-refractivity contribution is -0.162. The Kier molecular flexibility index (Phi) is 6.30. The summed E-state index contributed by atoms with van der Waals surface area (Å²) in [5.41, 5.74) is 0. The molecule has 3 aliphatic heterocycles. The van der Waals surface area contributed by atoms with Crippen molar-refractivity contribution in [3.8, 4) is 0 Å². The Labute approximate surface area is 151 Å². The molecule has 144 valence electrons. The van der Waals surface area contributed by atoms with Crippen molar-refractivity contribution in [2.45, 2.75) is 0 Å². The Morgan fingerprint density at radius 1 is 0.423 bits per heavy atom. The molecule has 0 N–H and O–H groups in total. The van der Waals surface area contributed by atoms with Crippen molar-refractivity contribution >= 4 is 23.9 Å². The topological polar surface area (TPSA) is 99.7 Å². The zero-order valence-electron chi connectivity index (χ0n) is 14.7. The van der Waals surface area contributed by atoms with Crippen LogP contribution in [0.15, 0.2) is 0 Å². The van der Waals surface area contributed by atoms with Gasteiger partial charge in [0.15, 0.2) is 0 Å². The predicted molar refractivity (Wildman–Crippen MR) is 88.0 cm³/mol. The standard InChI is InChI=1S/C16H24N4O6/c21-13-9-17-1-2-18(10-14(22)25-13)7-8-20-4-3-19(6-5-17)11-15(23)26-16(24)12-20/h1-12H2. The second kappa shape index (κ2) is 8.67. The molecule has 0 spiro atoms. The number of ether oxygens (including phenoxy) is 2. The van der Waals surface area contributed by atoms with Crippen molar-refractivity contribution in [1.29, 1.82) is 0 Å². The first-order valence-electron chi connectivity index (χ1n) is 8.84. The number of carbonyl (C=O) groups is 4. The number of carbonyl (C=O) groups excluding carboxylic acids is 4. The lowest BCUT2D eigenvalue weighted by Gasteiger charge is -2.31. The molecule has 3 saturated heterocycles. The van der Waals surface area contributed by atoms with Crippen LogP contribution in [0.4, 0.5) is 0 Å². The Hall–Kier alpha value is -1.88. The van der Waals surface area contributed by atoms with Gasteiger partial charge in [-0.25, -0.2) is 0 Å². The smallest absolute Gasteiger partial charge is 0.327 e. The number of hydrogen-bond acceptors (Lipinski definition) is 10. The minimum absolute atomic E-state index is 0.0441. The fourth-order valence-corrected chi connectivity index (χ4v) is 3.32. The molecule has 10 heteroatoms. The highest BCUT2D eigenvalue weighted by atomic mass is 16.6. The van der Waals surface area contributed by atoms with E-state index in [1.807, 2.05) is 19.6 Å². The van der Waals surface area contributed by atoms with Gasteiger partial charge in [0.2, 0.25) is 0 Å². The van der Waals surface area contributed by atoms with E-state index in [1.54, 1.807) is 0 Å². The van der Waals surface area contributed by atoms with Gasteiger partial charge in [0.1, 0.15) is 0 Å². The van der Waals surface area contributed by atoms with Crippen molar-refractivity contribution in [3.63, 3.8) is 0 Å². The van der Waals surface area contributed by atoms with Crippen molar-refractivity contribution in [2.24, 2.45) is 0 Å². The number of fused-ring (bicyclic) bond motifs is 6. The van der Waals surface area contributed by atoms with Crippen LogP contribution in [0.1, 0.15) is 0 Å². The highest BCUT2D eigenvalue weighted by Crippen LogP contribution is 2.05. The van der Waals surface area contributed by atoms with E-state index in [-0.39, 0.29) is 26.2 Å². The Morgan fingerprint density at radius 2 is 0.615 bits per heavy atom. The van der Waals surface area contributed by atoms with E-state index in [4.69, 9.17) is 9.47 Å². The third-order valence-electron chi connectivity index (χ3n) is 4.80. The molecule has 3 aliphatic rings. The van der Waals surface area contributed by atoms with Gasteiger partial charge in [0.05, 0.1) is 26.2 Å². The lowest BCUT2D eigenvalue weighted by Crippen LogP contribution is -2.47. The van der Waals surface area contributed by atoms with Crippen LogP contribution < -0.4 is 0 Å². The molecule has 26 heavy (non-hydrogen) atoms. The average molecular weight is 368 g/mol. The zero-order valence-corrected chi connectivity index (χ0v) is 14.7. The van der Waals surface area contributed by atoms with Gasteiger partial charge in [-0.3, -0.25) is 38.8 Å². The molecule has 0 aromatic rings. The third-order valence-corrected chi connectivity index (χ3v) is 4.80. The summed E-state index contributed by atoms with van der Waals surface area (Å²) in [7, 11) is 0. The number of rotatable bonds is 0. The maximum Gasteiger partial charge on any atom is 0.327 e. The number of nitrogens with zero attached hydrogens (tertiary/aromatic N) is 4. The first-order valence-corrected chi connectivity index (χ1v) is 8.84. The average Bonchev–Trinajstić information content (AvgIpc) is 2.66. The zero-order chi connectivity index (χ0) is 18.5. The predicted octanol–water partition coefficient (Wildman–Crippen LogP) is -2.63. The monoisotopic (exact) mass is 368 g/mol. The second-order valence-electron chi connectivity index (χ2n) is 6.80. The Balaban J connectivity index is 1.79. The molecule has 10 nitrogen and oxygen atoms in total. The van der Waals surface area contributed by atoms with Crippen LogP contribution in [0.3, 0.4) is 0 Å². The van der Waals surface area contributed by atoms with Crippen molar-refractivity contribution < 1.29 is 28.7 Å². The number of esters is 4. The molecule has 3 fully saturated rings. The normalized spacial score (nSPS) is 34.8. The molecular formula is C16H24N4O6. The molecule has 0 saturated carbocycles. The van der Waals surface area contributed by atoms with E-state index in [0.717, 1.165) is 0 Å². The summed E-state index contributed by atoms with van der Waals surface area (Å²) in [6.45, 7) is 4.89. The summed E-state index contributed by atoms with van der Waals surface area (Å²) in [4.78, 5) is 55.2. The molecule has 0 aliphatic carbocycles. The highest BCUT2D eigenvalue weighted by Gasteiger charge is 2.26. The summed E-state index contributed by atoms with van der Waals surface area (Å²) in [6.07, 6.45) is 0. The summed E-state index contributed by atoms with van der Waals surface area (Å²) in [5, 5.41) is 0. The molecule has 0 aromatic heterocycles. The molecule has 0 radical (unpaired) electrons. The second-order valence-corrected chi connectivity index (χ2v) is 6.80. The van der Waals surface area contributed by atoms with Crippen molar-refractivity contribution in [3.05, 3.63) is 0 Å². The molecule has 0 aromatic carbocycles. The molecule has 3 heterocycles. The molecule has 0 atom stereocenters. The van der Waals surface area contributed by atoms with Crippen molar-refractivity contribution in [2.75, 3.05) is 78.5 Å². The molecule has 4 bridgehead atoms. The van der Waals surface area contributed by atoms with E-state index in [0.29, 0.717) is 52.4 Å². The van der Waals surface area contributed by atoms with E-state index in [2.05, 4.69) is 0 Å². The molecular weight excluding hydrogens is 344 g/mol. The highest BCUT2D eigenvalue weighted by molar-refractivity contribution is 5.88. The van der Waals surface area contributed by atoms with Gasteiger partial charge in [0.25, 0.3) is 0 Å². The third kappa shape index (κ3) is 5.56. The Morgan fingerprint density at radius 3 is 0.808 bits per heavy atom. The van der Waals surface area contributed by atoms with Crippen LogP contribution in [0.5, 0.6) is 0 Å². The van der Waals surface area contributed by atoms with E-state index >= 15 is 0 Å². The molecule has 0 unspecified atom stereocenters. The summed E-state index contributed by atoms with van der Waals surface area (Å²) >= 11 is 0. The van der Waals surface area contributed by atoms with Crippen LogP contribution >= 0.6 is 0 Å². The van der Waals surface area contributed by atoms with Gasteiger partial charge < -0.3 is 9.47 Å². The minimum atomic E-state index is -0.550. The van der Waals surface area contributed by atoms with Crippen LogP contribution in [0, 0.1) is 0 Å². The summed E-state index contributed by atoms with van der Waals surface area (Å²) in [5.74, 6) is -2.20. The van der Waals surface area contributed by atoms with Gasteiger partial charge >= 0.3 is 23.9 Å². The minimum Gasteiger partial charge on any atom is -0.391 e. The van der Waals surface area contributed by atoms with E-state index in [9.17, 15) is 19.2 Å². The number of cyclic esters (lactones) is 4. The molecule has 0 amide bonds. The number of hydrogen-bond donors (Lipinski definition) is 0. The fraction of sp³-hybridized carbons (Fsp3) is 0.750. The van der Waals surface area contributed by atoms with Gasteiger partial charge in [-0.05, 0) is 0 Å². The van der Waals surface area contributed by atoms with E-state index in [1.165, 1.54) is 0 Å². The van der Waals surface area contributed by atoms with Gasteiger partial charge in [-0.2, -0.15) is 0 Å². The fourth-order valence-electron chi connectivity index (χ4n) is 3.32.